The standard InChI is InChI=1S/C27H28F2N2O4/c1-18(27(33)31-13-11-20(12-14-31)15-19-5-3-2-4-6-19)34-26(32)10-9-25-30-17-24(35-25)22-8-7-21(28)16-23(22)29/h2-8,16-18,20H,9-15H2,1H3. The van der Waals surface area contributed by atoms with Crippen molar-refractivity contribution in [3.05, 3.63) is 77.8 Å². The van der Waals surface area contributed by atoms with Crippen molar-refractivity contribution in [2.24, 2.45) is 5.92 Å². The van der Waals surface area contributed by atoms with Crippen molar-refractivity contribution < 1.29 is 27.5 Å². The average molecular weight is 483 g/mol. The zero-order valence-electron chi connectivity index (χ0n) is 19.6. The molecule has 1 atom stereocenters. The Balaban J connectivity index is 1.21. The van der Waals surface area contributed by atoms with Gasteiger partial charge >= 0.3 is 5.97 Å². The summed E-state index contributed by atoms with van der Waals surface area (Å²) in [5.74, 6) is -1.28. The minimum Gasteiger partial charge on any atom is -0.453 e. The monoisotopic (exact) mass is 482 g/mol. The fraction of sp³-hybridized carbons (Fsp3) is 0.370. The summed E-state index contributed by atoms with van der Waals surface area (Å²) in [5.41, 5.74) is 1.39. The van der Waals surface area contributed by atoms with E-state index < -0.39 is 23.7 Å². The van der Waals surface area contributed by atoms with Gasteiger partial charge in [-0.15, -0.1) is 0 Å². The van der Waals surface area contributed by atoms with Gasteiger partial charge in [-0.25, -0.2) is 13.8 Å². The van der Waals surface area contributed by atoms with Crippen molar-refractivity contribution in [1.29, 1.82) is 0 Å². The molecule has 6 nitrogen and oxygen atoms in total. The third kappa shape index (κ3) is 6.53. The Morgan fingerprint density at radius 1 is 1.14 bits per heavy atom. The average Bonchev–Trinajstić information content (AvgIpc) is 3.32. The number of carbonyl (C=O) groups is 2. The van der Waals surface area contributed by atoms with E-state index in [4.69, 9.17) is 9.15 Å². The van der Waals surface area contributed by atoms with E-state index in [-0.39, 0.29) is 36.0 Å². The first-order chi connectivity index (χ1) is 16.9. The molecule has 184 valence electrons. The molecule has 8 heteroatoms. The zero-order chi connectivity index (χ0) is 24.8. The Morgan fingerprint density at radius 2 is 1.89 bits per heavy atom. The smallest absolute Gasteiger partial charge is 0.307 e. The Labute approximate surface area is 202 Å². The summed E-state index contributed by atoms with van der Waals surface area (Å²) in [7, 11) is 0. The first-order valence-electron chi connectivity index (χ1n) is 11.8. The summed E-state index contributed by atoms with van der Waals surface area (Å²) in [6.45, 7) is 2.88. The normalized spacial score (nSPS) is 15.1. The van der Waals surface area contributed by atoms with Gasteiger partial charge in [0, 0.05) is 25.6 Å². The number of benzene rings is 2. The molecule has 1 amide bonds. The number of likely N-dealkylation sites (tertiary alicyclic amines) is 1. The minimum atomic E-state index is -0.874. The number of piperidine rings is 1. The molecular formula is C27H28F2N2O4. The van der Waals surface area contributed by atoms with E-state index in [1.54, 1.807) is 11.8 Å². The second-order valence-electron chi connectivity index (χ2n) is 8.83. The maximum absolute atomic E-state index is 13.9. The van der Waals surface area contributed by atoms with Crippen molar-refractivity contribution in [3.8, 4) is 11.3 Å². The second-order valence-corrected chi connectivity index (χ2v) is 8.83. The number of aromatic nitrogens is 1. The van der Waals surface area contributed by atoms with Gasteiger partial charge in [-0.05, 0) is 49.8 Å². The van der Waals surface area contributed by atoms with E-state index in [2.05, 4.69) is 17.1 Å². The number of amides is 1. The van der Waals surface area contributed by atoms with Crippen LogP contribution in [0.2, 0.25) is 0 Å². The van der Waals surface area contributed by atoms with Crippen LogP contribution in [0.4, 0.5) is 8.78 Å². The topological polar surface area (TPSA) is 72.6 Å². The number of nitrogens with zero attached hydrogens (tertiary/aromatic N) is 2. The van der Waals surface area contributed by atoms with E-state index in [1.165, 1.54) is 17.8 Å². The van der Waals surface area contributed by atoms with E-state index >= 15 is 0 Å². The number of carbonyl (C=O) groups excluding carboxylic acids is 2. The van der Waals surface area contributed by atoms with Crippen molar-refractivity contribution in [1.82, 2.24) is 9.88 Å². The molecule has 2 heterocycles. The van der Waals surface area contributed by atoms with Gasteiger partial charge in [0.25, 0.3) is 5.91 Å². The maximum atomic E-state index is 13.9. The van der Waals surface area contributed by atoms with Crippen LogP contribution in [0.5, 0.6) is 0 Å². The number of aryl methyl sites for hydroxylation is 1. The number of oxazole rings is 1. The lowest BCUT2D eigenvalue weighted by Crippen LogP contribution is -2.44. The molecule has 1 aliphatic rings. The summed E-state index contributed by atoms with van der Waals surface area (Å²) in [5, 5.41) is 0. The van der Waals surface area contributed by atoms with Gasteiger partial charge in [0.1, 0.15) is 11.6 Å². The van der Waals surface area contributed by atoms with Crippen LogP contribution >= 0.6 is 0 Å². The lowest BCUT2D eigenvalue weighted by Gasteiger charge is -2.33. The fourth-order valence-electron chi connectivity index (χ4n) is 4.32. The molecule has 0 radical (unpaired) electrons. The van der Waals surface area contributed by atoms with Crippen LogP contribution in [-0.4, -0.2) is 41.0 Å². The molecule has 1 fully saturated rings. The van der Waals surface area contributed by atoms with Gasteiger partial charge in [0.05, 0.1) is 18.2 Å². The van der Waals surface area contributed by atoms with Gasteiger partial charge in [-0.3, -0.25) is 9.59 Å². The maximum Gasteiger partial charge on any atom is 0.307 e. The van der Waals surface area contributed by atoms with Crippen LogP contribution in [-0.2, 0) is 27.2 Å². The third-order valence-electron chi connectivity index (χ3n) is 6.24. The summed E-state index contributed by atoms with van der Waals surface area (Å²) >= 11 is 0. The summed E-state index contributed by atoms with van der Waals surface area (Å²) in [4.78, 5) is 30.8. The Hall–Kier alpha value is -3.55. The number of esters is 1. The molecule has 0 aliphatic carbocycles. The molecule has 35 heavy (non-hydrogen) atoms. The highest BCUT2D eigenvalue weighted by Crippen LogP contribution is 2.25. The molecule has 1 saturated heterocycles. The van der Waals surface area contributed by atoms with Gasteiger partial charge in [0.2, 0.25) is 0 Å². The van der Waals surface area contributed by atoms with Crippen LogP contribution in [0.15, 0.2) is 59.1 Å². The molecule has 2 aromatic carbocycles. The quantitative estimate of drug-likeness (QED) is 0.424. The van der Waals surface area contributed by atoms with Crippen molar-refractivity contribution in [2.75, 3.05) is 13.1 Å². The molecule has 3 aromatic rings. The molecule has 0 bridgehead atoms. The van der Waals surface area contributed by atoms with Gasteiger partial charge in [-0.1, -0.05) is 30.3 Å². The van der Waals surface area contributed by atoms with Crippen LogP contribution in [0.1, 0.15) is 37.6 Å². The highest BCUT2D eigenvalue weighted by atomic mass is 19.1. The third-order valence-corrected chi connectivity index (χ3v) is 6.24. The predicted octanol–water partition coefficient (Wildman–Crippen LogP) is 4.97. The van der Waals surface area contributed by atoms with Gasteiger partial charge in [0.15, 0.2) is 17.8 Å². The molecule has 1 aromatic heterocycles. The minimum absolute atomic E-state index is 0.0391. The number of halogens is 2. The molecule has 4 rings (SSSR count). The first-order valence-corrected chi connectivity index (χ1v) is 11.8. The molecule has 1 unspecified atom stereocenters. The van der Waals surface area contributed by atoms with Crippen LogP contribution < -0.4 is 0 Å². The van der Waals surface area contributed by atoms with Crippen molar-refractivity contribution in [2.45, 2.75) is 45.1 Å². The van der Waals surface area contributed by atoms with Crippen molar-refractivity contribution >= 4 is 11.9 Å². The first kappa shape index (κ1) is 24.6. The summed E-state index contributed by atoms with van der Waals surface area (Å²) in [6, 6.07) is 13.5. The number of ether oxygens (including phenoxy) is 1. The Kier molecular flexibility index (Phi) is 7.90. The molecule has 0 N–H and O–H groups in total. The highest BCUT2D eigenvalue weighted by Gasteiger charge is 2.28. The van der Waals surface area contributed by atoms with Gasteiger partial charge in [-0.2, -0.15) is 0 Å². The number of hydrogen-bond donors (Lipinski definition) is 0. The van der Waals surface area contributed by atoms with E-state index in [9.17, 15) is 18.4 Å². The Bertz CT molecular complexity index is 1160. The Morgan fingerprint density at radius 3 is 2.60 bits per heavy atom. The van der Waals surface area contributed by atoms with Crippen molar-refractivity contribution in [3.63, 3.8) is 0 Å². The number of rotatable bonds is 8. The van der Waals surface area contributed by atoms with Crippen LogP contribution in [0, 0.1) is 17.6 Å². The van der Waals surface area contributed by atoms with Gasteiger partial charge < -0.3 is 14.1 Å². The van der Waals surface area contributed by atoms with E-state index in [0.29, 0.717) is 19.0 Å². The summed E-state index contributed by atoms with van der Waals surface area (Å²) in [6.07, 6.45) is 3.39. The zero-order valence-corrected chi connectivity index (χ0v) is 19.6. The molecular weight excluding hydrogens is 454 g/mol. The predicted molar refractivity (Wildman–Crippen MR) is 125 cm³/mol. The van der Waals surface area contributed by atoms with Crippen LogP contribution in [0.3, 0.4) is 0 Å². The summed E-state index contributed by atoms with van der Waals surface area (Å²) < 4.78 is 37.8. The van der Waals surface area contributed by atoms with E-state index in [1.807, 2.05) is 18.2 Å². The fourth-order valence-corrected chi connectivity index (χ4v) is 4.32. The molecule has 0 saturated carbocycles. The lowest BCUT2D eigenvalue weighted by atomic mass is 9.90. The molecule has 0 spiro atoms. The largest absolute Gasteiger partial charge is 0.453 e. The van der Waals surface area contributed by atoms with E-state index in [0.717, 1.165) is 31.4 Å². The second kappa shape index (κ2) is 11.3. The van der Waals surface area contributed by atoms with Crippen LogP contribution in [0.25, 0.3) is 11.3 Å². The lowest BCUT2D eigenvalue weighted by molar-refractivity contribution is -0.159. The number of hydrogen-bond acceptors (Lipinski definition) is 5. The SMILES string of the molecule is CC(OC(=O)CCc1ncc(-c2ccc(F)cc2F)o1)C(=O)N1CCC(Cc2ccccc2)CC1. The highest BCUT2D eigenvalue weighted by molar-refractivity contribution is 5.83. The molecule has 1 aliphatic heterocycles.